The van der Waals surface area contributed by atoms with Gasteiger partial charge in [0.05, 0.1) is 52.0 Å². The smallest absolute Gasteiger partial charge is 0.261 e. The van der Waals surface area contributed by atoms with Crippen molar-refractivity contribution in [1.29, 1.82) is 0 Å². The molecule has 0 atom stereocenters. The van der Waals surface area contributed by atoms with E-state index in [1.165, 1.54) is 4.31 Å². The SMILES string of the molecule is O=C1c2ccccc2C(=O)N1CCS(=O)(=O)N1CCN(Cc2cc3nc(-c4cccc5[nH]ncc45)nc(N4CCOCC4)c3s2)CC1. The number of nitrogens with zero attached hydrogens (tertiary/aromatic N) is 7. The Morgan fingerprint density at radius 3 is 2.34 bits per heavy atom. The fourth-order valence-electron chi connectivity index (χ4n) is 6.48. The van der Waals surface area contributed by atoms with Crippen molar-refractivity contribution in [2.24, 2.45) is 0 Å². The molecule has 3 aliphatic heterocycles. The molecule has 13 nitrogen and oxygen atoms in total. The number of aromatic nitrogens is 4. The number of H-pyrrole nitrogens is 1. The first-order chi connectivity index (χ1) is 22.9. The maximum atomic E-state index is 13.2. The van der Waals surface area contributed by atoms with Crippen LogP contribution in [0.2, 0.25) is 0 Å². The highest BCUT2D eigenvalue weighted by Gasteiger charge is 2.37. The van der Waals surface area contributed by atoms with Crippen LogP contribution in [0.15, 0.2) is 54.7 Å². The van der Waals surface area contributed by atoms with Gasteiger partial charge in [0.2, 0.25) is 10.0 Å². The van der Waals surface area contributed by atoms with E-state index < -0.39 is 21.8 Å². The molecule has 47 heavy (non-hydrogen) atoms. The van der Waals surface area contributed by atoms with Crippen molar-refractivity contribution in [3.63, 3.8) is 0 Å². The normalized spacial score (nSPS) is 18.1. The minimum absolute atomic E-state index is 0.166. The quantitative estimate of drug-likeness (QED) is 0.244. The number of thiophene rings is 1. The van der Waals surface area contributed by atoms with Gasteiger partial charge in [0.15, 0.2) is 11.6 Å². The molecule has 2 aromatic carbocycles. The summed E-state index contributed by atoms with van der Waals surface area (Å²) in [7, 11) is -3.66. The zero-order valence-electron chi connectivity index (χ0n) is 25.5. The van der Waals surface area contributed by atoms with Crippen LogP contribution in [-0.4, -0.2) is 119 Å². The molecule has 242 valence electrons. The number of hydrogen-bond donors (Lipinski definition) is 1. The Morgan fingerprint density at radius 1 is 0.872 bits per heavy atom. The van der Waals surface area contributed by atoms with Gasteiger partial charge in [0.25, 0.3) is 11.8 Å². The summed E-state index contributed by atoms with van der Waals surface area (Å²) < 4.78 is 34.6. The molecule has 3 aliphatic rings. The minimum atomic E-state index is -3.66. The van der Waals surface area contributed by atoms with E-state index in [0.717, 1.165) is 55.4 Å². The Hall–Kier alpha value is -4.28. The number of aromatic amines is 1. The number of carbonyl (C=O) groups excluding carboxylic acids is 2. The zero-order chi connectivity index (χ0) is 32.1. The lowest BCUT2D eigenvalue weighted by Gasteiger charge is -2.34. The number of anilines is 1. The molecule has 0 saturated carbocycles. The van der Waals surface area contributed by atoms with E-state index in [4.69, 9.17) is 14.7 Å². The highest BCUT2D eigenvalue weighted by Crippen LogP contribution is 2.36. The maximum absolute atomic E-state index is 13.2. The van der Waals surface area contributed by atoms with Crippen molar-refractivity contribution in [1.82, 2.24) is 34.3 Å². The molecule has 2 saturated heterocycles. The summed E-state index contributed by atoms with van der Waals surface area (Å²) in [6, 6.07) is 14.7. The van der Waals surface area contributed by atoms with Crippen molar-refractivity contribution < 1.29 is 22.7 Å². The van der Waals surface area contributed by atoms with E-state index in [1.807, 2.05) is 18.2 Å². The second-order valence-corrected chi connectivity index (χ2v) is 15.1. The average molecular weight is 673 g/mol. The molecule has 0 unspecified atom stereocenters. The topological polar surface area (TPSA) is 145 Å². The molecule has 2 fully saturated rings. The van der Waals surface area contributed by atoms with Crippen LogP contribution >= 0.6 is 11.3 Å². The summed E-state index contributed by atoms with van der Waals surface area (Å²) >= 11 is 1.68. The first-order valence-electron chi connectivity index (χ1n) is 15.6. The van der Waals surface area contributed by atoms with Crippen LogP contribution < -0.4 is 4.90 Å². The second-order valence-electron chi connectivity index (χ2n) is 11.8. The lowest BCUT2D eigenvalue weighted by Crippen LogP contribution is -2.49. The molecule has 6 heterocycles. The van der Waals surface area contributed by atoms with Gasteiger partial charge >= 0.3 is 0 Å². The first kappa shape index (κ1) is 30.1. The molecule has 0 spiro atoms. The van der Waals surface area contributed by atoms with Crippen molar-refractivity contribution in [2.45, 2.75) is 6.54 Å². The van der Waals surface area contributed by atoms with E-state index in [1.54, 1.807) is 41.8 Å². The van der Waals surface area contributed by atoms with E-state index in [2.05, 4.69) is 26.1 Å². The maximum Gasteiger partial charge on any atom is 0.261 e. The molecule has 0 aliphatic carbocycles. The Bertz CT molecular complexity index is 2080. The van der Waals surface area contributed by atoms with Gasteiger partial charge in [-0.1, -0.05) is 24.3 Å². The third kappa shape index (κ3) is 5.57. The van der Waals surface area contributed by atoms with Gasteiger partial charge in [0, 0.05) is 68.2 Å². The molecule has 3 aromatic heterocycles. The van der Waals surface area contributed by atoms with Crippen molar-refractivity contribution in [3.8, 4) is 11.4 Å². The lowest BCUT2D eigenvalue weighted by atomic mass is 10.1. The molecule has 15 heteroatoms. The van der Waals surface area contributed by atoms with Gasteiger partial charge < -0.3 is 9.64 Å². The standard InChI is InChI=1S/C32H32N8O5S2/c41-31-23-4-1-2-5-24(23)32(42)40(31)14-17-47(43,44)39-10-8-37(9-11-39)20-21-18-27-28(46-21)30(38-12-15-45-16-13-38)35-29(34-27)22-6-3-7-26-25(22)19-33-36-26/h1-7,18-19H,8-17,20H2,(H,33,36). The third-order valence-corrected chi connectivity index (χ3v) is 12.0. The van der Waals surface area contributed by atoms with Crippen LogP contribution in [0.3, 0.4) is 0 Å². The summed E-state index contributed by atoms with van der Waals surface area (Å²) in [6.45, 7) is 5.09. The number of fused-ring (bicyclic) bond motifs is 3. The van der Waals surface area contributed by atoms with Crippen LogP contribution in [-0.2, 0) is 21.3 Å². The number of imide groups is 1. The van der Waals surface area contributed by atoms with E-state index in [-0.39, 0.29) is 12.3 Å². The lowest BCUT2D eigenvalue weighted by molar-refractivity contribution is 0.0663. The summed E-state index contributed by atoms with van der Waals surface area (Å²) in [5.41, 5.74) is 3.36. The second kappa shape index (κ2) is 12.1. The van der Waals surface area contributed by atoms with Crippen molar-refractivity contribution in [3.05, 3.63) is 70.7 Å². The molecule has 8 rings (SSSR count). The van der Waals surface area contributed by atoms with Gasteiger partial charge in [-0.05, 0) is 24.3 Å². The number of hydrogen-bond acceptors (Lipinski definition) is 11. The van der Waals surface area contributed by atoms with Gasteiger partial charge in [-0.2, -0.15) is 9.40 Å². The Balaban J connectivity index is 0.966. The van der Waals surface area contributed by atoms with Crippen molar-refractivity contribution in [2.75, 3.05) is 69.7 Å². The van der Waals surface area contributed by atoms with E-state index >= 15 is 0 Å². The van der Waals surface area contributed by atoms with Gasteiger partial charge in [-0.15, -0.1) is 11.3 Å². The van der Waals surface area contributed by atoms with Gasteiger partial charge in [0.1, 0.15) is 0 Å². The summed E-state index contributed by atoms with van der Waals surface area (Å²) in [5.74, 6) is 0.364. The van der Waals surface area contributed by atoms with Crippen LogP contribution in [0.5, 0.6) is 0 Å². The van der Waals surface area contributed by atoms with Crippen LogP contribution in [0, 0.1) is 0 Å². The molecule has 0 radical (unpaired) electrons. The summed E-state index contributed by atoms with van der Waals surface area (Å²) in [5, 5.41) is 8.20. The Labute approximate surface area is 274 Å². The number of sulfonamides is 1. The highest BCUT2D eigenvalue weighted by molar-refractivity contribution is 7.89. The molecular formula is C32H32N8O5S2. The molecular weight excluding hydrogens is 641 g/mol. The van der Waals surface area contributed by atoms with Crippen LogP contribution in [0.25, 0.3) is 32.5 Å². The third-order valence-electron chi connectivity index (χ3n) is 9.00. The average Bonchev–Trinajstić information content (AvgIpc) is 3.80. The number of morpholine rings is 1. The zero-order valence-corrected chi connectivity index (χ0v) is 27.1. The molecule has 5 aromatic rings. The van der Waals surface area contributed by atoms with Gasteiger partial charge in [-0.25, -0.2) is 18.4 Å². The number of carbonyl (C=O) groups is 2. The summed E-state index contributed by atoms with van der Waals surface area (Å²) in [4.78, 5) is 42.2. The number of rotatable bonds is 8. The highest BCUT2D eigenvalue weighted by atomic mass is 32.2. The number of ether oxygens (including phenoxy) is 1. The number of benzene rings is 2. The van der Waals surface area contributed by atoms with Crippen LogP contribution in [0.4, 0.5) is 5.82 Å². The monoisotopic (exact) mass is 672 g/mol. The molecule has 1 N–H and O–H groups in total. The predicted molar refractivity (Wildman–Crippen MR) is 178 cm³/mol. The van der Waals surface area contributed by atoms with Gasteiger partial charge in [-0.3, -0.25) is 24.5 Å². The predicted octanol–water partition coefficient (Wildman–Crippen LogP) is 2.81. The minimum Gasteiger partial charge on any atom is -0.378 e. The summed E-state index contributed by atoms with van der Waals surface area (Å²) in [6.07, 6.45) is 1.80. The van der Waals surface area contributed by atoms with Crippen molar-refractivity contribution >= 4 is 60.1 Å². The van der Waals surface area contributed by atoms with E-state index in [0.29, 0.717) is 62.9 Å². The fraction of sp³-hybridized carbons (Fsp3) is 0.344. The Kier molecular flexibility index (Phi) is 7.72. The largest absolute Gasteiger partial charge is 0.378 e. The first-order valence-corrected chi connectivity index (χ1v) is 18.0. The molecule has 0 bridgehead atoms. The number of amides is 2. The van der Waals surface area contributed by atoms with Crippen LogP contribution in [0.1, 0.15) is 25.6 Å². The Morgan fingerprint density at radius 2 is 1.60 bits per heavy atom. The van der Waals surface area contributed by atoms with E-state index in [9.17, 15) is 18.0 Å². The number of nitrogens with one attached hydrogen (secondary N) is 1. The fourth-order valence-corrected chi connectivity index (χ4v) is 9.03. The number of piperazine rings is 1. The molecule has 2 amide bonds.